The SMILES string of the molecule is Cc1ccc(S(=O)(=O)NCCCn2cc(Br)cn2)c(C)c1. The largest absolute Gasteiger partial charge is 0.272 e. The van der Waals surface area contributed by atoms with Gasteiger partial charge >= 0.3 is 0 Å². The second-order valence-corrected chi connectivity index (χ2v) is 7.59. The minimum atomic E-state index is -3.45. The number of hydrogen-bond donors (Lipinski definition) is 1. The van der Waals surface area contributed by atoms with Gasteiger partial charge in [0.1, 0.15) is 0 Å². The van der Waals surface area contributed by atoms with E-state index in [1.165, 1.54) is 0 Å². The third-order valence-corrected chi connectivity index (χ3v) is 5.11. The third kappa shape index (κ3) is 4.39. The monoisotopic (exact) mass is 371 g/mol. The summed E-state index contributed by atoms with van der Waals surface area (Å²) in [6, 6.07) is 5.33. The van der Waals surface area contributed by atoms with E-state index in [4.69, 9.17) is 0 Å². The highest BCUT2D eigenvalue weighted by molar-refractivity contribution is 9.10. The fraction of sp³-hybridized carbons (Fsp3) is 0.357. The van der Waals surface area contributed by atoms with Gasteiger partial charge in [0.15, 0.2) is 0 Å². The molecule has 0 aliphatic carbocycles. The van der Waals surface area contributed by atoms with E-state index in [1.807, 2.05) is 32.2 Å². The Morgan fingerprint density at radius 2 is 2.10 bits per heavy atom. The Bertz CT molecular complexity index is 726. The van der Waals surface area contributed by atoms with Gasteiger partial charge in [-0.2, -0.15) is 5.10 Å². The molecule has 0 saturated heterocycles. The minimum absolute atomic E-state index is 0.343. The standard InChI is InChI=1S/C14H18BrN3O2S/c1-11-4-5-14(12(2)8-11)21(19,20)17-6-3-7-18-10-13(15)9-16-18/h4-5,8-10,17H,3,6-7H2,1-2H3. The molecule has 0 saturated carbocycles. The van der Waals surface area contributed by atoms with Gasteiger partial charge in [0, 0.05) is 19.3 Å². The van der Waals surface area contributed by atoms with E-state index < -0.39 is 10.0 Å². The van der Waals surface area contributed by atoms with Crippen LogP contribution >= 0.6 is 15.9 Å². The molecule has 2 aromatic rings. The lowest BCUT2D eigenvalue weighted by atomic mass is 10.2. The molecule has 1 aromatic carbocycles. The van der Waals surface area contributed by atoms with Crippen molar-refractivity contribution in [1.29, 1.82) is 0 Å². The minimum Gasteiger partial charge on any atom is -0.272 e. The fourth-order valence-electron chi connectivity index (χ4n) is 2.09. The van der Waals surface area contributed by atoms with Crippen molar-refractivity contribution >= 4 is 26.0 Å². The molecule has 1 heterocycles. The van der Waals surface area contributed by atoms with E-state index in [9.17, 15) is 8.42 Å². The summed E-state index contributed by atoms with van der Waals surface area (Å²) < 4.78 is 29.8. The Morgan fingerprint density at radius 3 is 2.71 bits per heavy atom. The molecule has 0 unspecified atom stereocenters. The van der Waals surface area contributed by atoms with E-state index in [0.29, 0.717) is 24.4 Å². The van der Waals surface area contributed by atoms with Crippen LogP contribution in [0, 0.1) is 13.8 Å². The Morgan fingerprint density at radius 1 is 1.33 bits per heavy atom. The molecule has 0 aliphatic heterocycles. The summed E-state index contributed by atoms with van der Waals surface area (Å²) in [7, 11) is -3.45. The van der Waals surface area contributed by atoms with Gasteiger partial charge < -0.3 is 0 Å². The maximum atomic E-state index is 12.2. The fourth-order valence-corrected chi connectivity index (χ4v) is 3.71. The first kappa shape index (κ1) is 16.2. The predicted molar refractivity (Wildman–Crippen MR) is 85.6 cm³/mol. The first-order chi connectivity index (χ1) is 9.88. The zero-order chi connectivity index (χ0) is 15.5. The van der Waals surface area contributed by atoms with Gasteiger partial charge in [0.2, 0.25) is 10.0 Å². The molecule has 0 atom stereocenters. The van der Waals surface area contributed by atoms with Crippen molar-refractivity contribution in [2.45, 2.75) is 31.7 Å². The normalized spacial score (nSPS) is 11.8. The number of rotatable bonds is 6. The number of halogens is 1. The molecule has 2 rings (SSSR count). The molecule has 114 valence electrons. The molecule has 1 aromatic heterocycles. The topological polar surface area (TPSA) is 64.0 Å². The first-order valence-corrected chi connectivity index (χ1v) is 8.91. The molecule has 0 radical (unpaired) electrons. The van der Waals surface area contributed by atoms with Gasteiger partial charge in [0.25, 0.3) is 0 Å². The van der Waals surface area contributed by atoms with Crippen LogP contribution < -0.4 is 4.72 Å². The van der Waals surface area contributed by atoms with Crippen LogP contribution in [0.2, 0.25) is 0 Å². The lowest BCUT2D eigenvalue weighted by molar-refractivity contribution is 0.552. The van der Waals surface area contributed by atoms with Crippen molar-refractivity contribution in [3.63, 3.8) is 0 Å². The van der Waals surface area contributed by atoms with Gasteiger partial charge in [-0.05, 0) is 47.8 Å². The zero-order valence-corrected chi connectivity index (χ0v) is 14.4. The number of nitrogens with one attached hydrogen (secondary N) is 1. The number of sulfonamides is 1. The van der Waals surface area contributed by atoms with Crippen LogP contribution in [-0.2, 0) is 16.6 Å². The average Bonchev–Trinajstić information content (AvgIpc) is 2.80. The Hall–Kier alpha value is -1.18. The average molecular weight is 372 g/mol. The van der Waals surface area contributed by atoms with Crippen molar-refractivity contribution in [2.75, 3.05) is 6.54 Å². The number of aryl methyl sites for hydroxylation is 3. The predicted octanol–water partition coefficient (Wildman–Crippen LogP) is 2.63. The maximum Gasteiger partial charge on any atom is 0.240 e. The van der Waals surface area contributed by atoms with Gasteiger partial charge in [-0.3, -0.25) is 4.68 Å². The zero-order valence-electron chi connectivity index (χ0n) is 12.0. The highest BCUT2D eigenvalue weighted by atomic mass is 79.9. The number of hydrogen-bond acceptors (Lipinski definition) is 3. The summed E-state index contributed by atoms with van der Waals surface area (Å²) in [4.78, 5) is 0.343. The lowest BCUT2D eigenvalue weighted by Crippen LogP contribution is -2.26. The van der Waals surface area contributed by atoms with Crippen LogP contribution in [0.25, 0.3) is 0 Å². The molecule has 0 amide bonds. The second kappa shape index (κ2) is 6.72. The van der Waals surface area contributed by atoms with Gasteiger partial charge in [-0.25, -0.2) is 13.1 Å². The van der Waals surface area contributed by atoms with Crippen molar-refractivity contribution in [3.8, 4) is 0 Å². The summed E-state index contributed by atoms with van der Waals surface area (Å²) in [5, 5.41) is 4.12. The van der Waals surface area contributed by atoms with Crippen molar-refractivity contribution in [1.82, 2.24) is 14.5 Å². The van der Waals surface area contributed by atoms with Crippen LogP contribution in [0.5, 0.6) is 0 Å². The smallest absolute Gasteiger partial charge is 0.240 e. The highest BCUT2D eigenvalue weighted by Crippen LogP contribution is 2.16. The van der Waals surface area contributed by atoms with Crippen molar-refractivity contribution < 1.29 is 8.42 Å². The van der Waals surface area contributed by atoms with E-state index in [0.717, 1.165) is 15.6 Å². The summed E-state index contributed by atoms with van der Waals surface area (Å²) in [6.45, 7) is 4.80. The maximum absolute atomic E-state index is 12.2. The summed E-state index contributed by atoms with van der Waals surface area (Å²) >= 11 is 3.32. The van der Waals surface area contributed by atoms with Gasteiger partial charge in [-0.1, -0.05) is 17.7 Å². The van der Waals surface area contributed by atoms with Crippen LogP contribution in [0.1, 0.15) is 17.5 Å². The summed E-state index contributed by atoms with van der Waals surface area (Å²) in [6.07, 6.45) is 4.25. The first-order valence-electron chi connectivity index (χ1n) is 6.63. The van der Waals surface area contributed by atoms with Crippen LogP contribution in [-0.4, -0.2) is 24.7 Å². The highest BCUT2D eigenvalue weighted by Gasteiger charge is 2.15. The van der Waals surface area contributed by atoms with Gasteiger partial charge in [-0.15, -0.1) is 0 Å². The number of aromatic nitrogens is 2. The molecule has 0 spiro atoms. The van der Waals surface area contributed by atoms with Gasteiger partial charge in [0.05, 0.1) is 15.6 Å². The molecule has 0 fully saturated rings. The molecule has 0 aliphatic rings. The van der Waals surface area contributed by atoms with E-state index in [-0.39, 0.29) is 0 Å². The Labute approximate surface area is 133 Å². The Kier molecular flexibility index (Phi) is 5.18. The number of benzene rings is 1. The van der Waals surface area contributed by atoms with Crippen molar-refractivity contribution in [3.05, 3.63) is 46.2 Å². The molecular formula is C14H18BrN3O2S. The van der Waals surface area contributed by atoms with Crippen LogP contribution in [0.3, 0.4) is 0 Å². The van der Waals surface area contributed by atoms with E-state index in [2.05, 4.69) is 25.8 Å². The second-order valence-electron chi connectivity index (χ2n) is 4.94. The molecule has 7 heteroatoms. The summed E-state index contributed by atoms with van der Waals surface area (Å²) in [5.41, 5.74) is 1.81. The van der Waals surface area contributed by atoms with Crippen molar-refractivity contribution in [2.24, 2.45) is 0 Å². The summed E-state index contributed by atoms with van der Waals surface area (Å²) in [5.74, 6) is 0. The molecule has 0 bridgehead atoms. The lowest BCUT2D eigenvalue weighted by Gasteiger charge is -2.10. The van der Waals surface area contributed by atoms with E-state index >= 15 is 0 Å². The van der Waals surface area contributed by atoms with E-state index in [1.54, 1.807) is 16.9 Å². The molecule has 21 heavy (non-hydrogen) atoms. The Balaban J connectivity index is 1.92. The van der Waals surface area contributed by atoms with Crippen LogP contribution in [0.15, 0.2) is 40.0 Å². The number of nitrogens with zero attached hydrogens (tertiary/aromatic N) is 2. The quantitative estimate of drug-likeness (QED) is 0.793. The molecular weight excluding hydrogens is 354 g/mol. The van der Waals surface area contributed by atoms with Crippen LogP contribution in [0.4, 0.5) is 0 Å². The molecule has 5 nitrogen and oxygen atoms in total. The molecule has 1 N–H and O–H groups in total. The third-order valence-electron chi connectivity index (χ3n) is 3.08.